The van der Waals surface area contributed by atoms with E-state index in [1.54, 1.807) is 0 Å². The van der Waals surface area contributed by atoms with Gasteiger partial charge in [-0.25, -0.2) is 0 Å². The highest BCUT2D eigenvalue weighted by Gasteiger charge is 2.21. The first-order chi connectivity index (χ1) is 7.33. The maximum absolute atomic E-state index is 5.95. The lowest BCUT2D eigenvalue weighted by atomic mass is 10.1. The summed E-state index contributed by atoms with van der Waals surface area (Å²) in [5.41, 5.74) is 2.53. The van der Waals surface area contributed by atoms with Gasteiger partial charge in [-0.15, -0.1) is 11.6 Å². The summed E-state index contributed by atoms with van der Waals surface area (Å²) in [7, 11) is 2.18. The van der Waals surface area contributed by atoms with Crippen molar-refractivity contribution in [2.75, 3.05) is 23.5 Å². The fraction of sp³-hybridized carbons (Fsp3) is 0.500. The molecule has 1 heterocycles. The van der Waals surface area contributed by atoms with Crippen molar-refractivity contribution in [1.82, 2.24) is 0 Å². The van der Waals surface area contributed by atoms with Crippen LogP contribution in [0, 0.1) is 0 Å². The highest BCUT2D eigenvalue weighted by molar-refractivity contribution is 7.99. The third-order valence-corrected chi connectivity index (χ3v) is 4.40. The summed E-state index contributed by atoms with van der Waals surface area (Å²) in [4.78, 5) is 2.39. The molecule has 0 saturated carbocycles. The van der Waals surface area contributed by atoms with E-state index in [1.165, 1.54) is 29.2 Å². The second kappa shape index (κ2) is 5.13. The highest BCUT2D eigenvalue weighted by atomic mass is 35.5. The van der Waals surface area contributed by atoms with E-state index in [0.29, 0.717) is 11.9 Å². The van der Waals surface area contributed by atoms with E-state index in [2.05, 4.69) is 36.2 Å². The van der Waals surface area contributed by atoms with Crippen molar-refractivity contribution in [3.8, 4) is 0 Å². The zero-order valence-corrected chi connectivity index (χ0v) is 10.5. The molecule has 0 aliphatic carbocycles. The van der Waals surface area contributed by atoms with E-state index in [1.807, 2.05) is 11.8 Å². The van der Waals surface area contributed by atoms with E-state index >= 15 is 0 Å². The highest BCUT2D eigenvalue weighted by Crippen LogP contribution is 2.28. The molecule has 1 saturated heterocycles. The predicted octanol–water partition coefficient (Wildman–Crippen LogP) is 3.37. The number of anilines is 1. The molecular weight excluding hydrogens is 226 g/mol. The number of halogens is 1. The molecule has 15 heavy (non-hydrogen) atoms. The van der Waals surface area contributed by atoms with Gasteiger partial charge >= 0.3 is 0 Å². The van der Waals surface area contributed by atoms with Crippen molar-refractivity contribution < 1.29 is 0 Å². The number of rotatable bonds is 3. The van der Waals surface area contributed by atoms with Gasteiger partial charge in [-0.2, -0.15) is 11.8 Å². The topological polar surface area (TPSA) is 3.24 Å². The number of para-hydroxylation sites is 1. The third-order valence-electron chi connectivity index (χ3n) is 2.97. The van der Waals surface area contributed by atoms with Crippen molar-refractivity contribution in [2.45, 2.75) is 18.3 Å². The van der Waals surface area contributed by atoms with Crippen LogP contribution < -0.4 is 4.90 Å². The molecule has 0 spiro atoms. The van der Waals surface area contributed by atoms with Gasteiger partial charge in [-0.1, -0.05) is 18.2 Å². The Balaban J connectivity index is 2.19. The molecule has 0 aromatic heterocycles. The average molecular weight is 242 g/mol. The maximum Gasteiger partial charge on any atom is 0.0494 e. The average Bonchev–Trinajstić information content (AvgIpc) is 2.81. The lowest BCUT2D eigenvalue weighted by Crippen LogP contribution is -2.31. The quantitative estimate of drug-likeness (QED) is 0.747. The Kier molecular flexibility index (Phi) is 3.81. The summed E-state index contributed by atoms with van der Waals surface area (Å²) < 4.78 is 0. The molecule has 1 fully saturated rings. The minimum absolute atomic E-state index is 0.598. The van der Waals surface area contributed by atoms with Gasteiger partial charge in [0.1, 0.15) is 0 Å². The standard InChI is InChI=1S/C12H16ClNS/c1-14(11-6-7-15-9-11)12-5-3-2-4-10(12)8-13/h2-5,11H,6-9H2,1H3. The summed E-state index contributed by atoms with van der Waals surface area (Å²) in [6.07, 6.45) is 1.29. The zero-order chi connectivity index (χ0) is 10.7. The van der Waals surface area contributed by atoms with Crippen LogP contribution in [0.1, 0.15) is 12.0 Å². The fourth-order valence-electron chi connectivity index (χ4n) is 1.99. The van der Waals surface area contributed by atoms with Gasteiger partial charge in [0.25, 0.3) is 0 Å². The van der Waals surface area contributed by atoms with E-state index in [0.717, 1.165) is 0 Å². The molecule has 1 aliphatic heterocycles. The Morgan fingerprint density at radius 3 is 2.93 bits per heavy atom. The first-order valence-corrected chi connectivity index (χ1v) is 6.96. The van der Waals surface area contributed by atoms with E-state index in [9.17, 15) is 0 Å². The van der Waals surface area contributed by atoms with Gasteiger partial charge in [-0.05, 0) is 23.8 Å². The number of benzene rings is 1. The van der Waals surface area contributed by atoms with Gasteiger partial charge in [0.15, 0.2) is 0 Å². The summed E-state index contributed by atoms with van der Waals surface area (Å²) in [6, 6.07) is 9.10. The number of nitrogens with zero attached hydrogens (tertiary/aromatic N) is 1. The van der Waals surface area contributed by atoms with Gasteiger partial charge in [0.2, 0.25) is 0 Å². The van der Waals surface area contributed by atoms with Crippen molar-refractivity contribution >= 4 is 29.1 Å². The van der Waals surface area contributed by atoms with Crippen LogP contribution in [0.15, 0.2) is 24.3 Å². The largest absolute Gasteiger partial charge is 0.370 e. The van der Waals surface area contributed by atoms with Crippen LogP contribution >= 0.6 is 23.4 Å². The predicted molar refractivity (Wildman–Crippen MR) is 70.1 cm³/mol. The molecule has 1 aromatic rings. The zero-order valence-electron chi connectivity index (χ0n) is 8.95. The summed E-state index contributed by atoms with van der Waals surface area (Å²) >= 11 is 7.99. The Morgan fingerprint density at radius 1 is 1.47 bits per heavy atom. The molecule has 82 valence electrons. The van der Waals surface area contributed by atoms with Crippen molar-refractivity contribution in [2.24, 2.45) is 0 Å². The number of alkyl halides is 1. The maximum atomic E-state index is 5.95. The SMILES string of the molecule is CN(c1ccccc1CCl)C1CCSC1. The van der Waals surface area contributed by atoms with Crippen LogP contribution in [-0.2, 0) is 5.88 Å². The van der Waals surface area contributed by atoms with Gasteiger partial charge in [-0.3, -0.25) is 0 Å². The molecule has 0 radical (unpaired) electrons. The van der Waals surface area contributed by atoms with Crippen LogP contribution in [-0.4, -0.2) is 24.6 Å². The van der Waals surface area contributed by atoms with Gasteiger partial charge < -0.3 is 4.90 Å². The van der Waals surface area contributed by atoms with Crippen LogP contribution in [0.25, 0.3) is 0 Å². The molecule has 1 unspecified atom stereocenters. The molecule has 2 rings (SSSR count). The number of hydrogen-bond donors (Lipinski definition) is 0. The molecule has 0 amide bonds. The molecule has 1 aliphatic rings. The van der Waals surface area contributed by atoms with Crippen LogP contribution in [0.5, 0.6) is 0 Å². The Hall–Kier alpha value is -0.340. The first kappa shape index (κ1) is 11.2. The van der Waals surface area contributed by atoms with Crippen LogP contribution in [0.3, 0.4) is 0 Å². The number of thioether (sulfide) groups is 1. The van der Waals surface area contributed by atoms with Crippen molar-refractivity contribution in [3.05, 3.63) is 29.8 Å². The summed E-state index contributed by atoms with van der Waals surface area (Å²) in [5, 5.41) is 0. The molecule has 0 N–H and O–H groups in total. The van der Waals surface area contributed by atoms with Crippen LogP contribution in [0.4, 0.5) is 5.69 Å². The Labute approximate surface area is 101 Å². The molecule has 1 atom stereocenters. The van der Waals surface area contributed by atoms with Gasteiger partial charge in [0, 0.05) is 30.4 Å². The third kappa shape index (κ3) is 2.43. The molecule has 1 aromatic carbocycles. The van der Waals surface area contributed by atoms with Crippen molar-refractivity contribution in [1.29, 1.82) is 0 Å². The lowest BCUT2D eigenvalue weighted by Gasteiger charge is -2.27. The smallest absolute Gasteiger partial charge is 0.0494 e. The van der Waals surface area contributed by atoms with Crippen molar-refractivity contribution in [3.63, 3.8) is 0 Å². The fourth-order valence-corrected chi connectivity index (χ4v) is 3.49. The lowest BCUT2D eigenvalue weighted by molar-refractivity contribution is 0.698. The summed E-state index contributed by atoms with van der Waals surface area (Å²) in [5.74, 6) is 3.13. The monoisotopic (exact) mass is 241 g/mol. The molecular formula is C12H16ClNS. The molecule has 0 bridgehead atoms. The minimum Gasteiger partial charge on any atom is -0.370 e. The Bertz CT molecular complexity index is 323. The van der Waals surface area contributed by atoms with E-state index in [-0.39, 0.29) is 0 Å². The normalized spacial score (nSPS) is 20.5. The van der Waals surface area contributed by atoms with E-state index < -0.39 is 0 Å². The van der Waals surface area contributed by atoms with E-state index in [4.69, 9.17) is 11.6 Å². The first-order valence-electron chi connectivity index (χ1n) is 5.27. The summed E-state index contributed by atoms with van der Waals surface area (Å²) in [6.45, 7) is 0. The number of hydrogen-bond acceptors (Lipinski definition) is 2. The van der Waals surface area contributed by atoms with Gasteiger partial charge in [0.05, 0.1) is 0 Å². The molecule has 1 nitrogen and oxygen atoms in total. The second-order valence-corrected chi connectivity index (χ2v) is 5.31. The minimum atomic E-state index is 0.598. The molecule has 3 heteroatoms. The Morgan fingerprint density at radius 2 is 2.27 bits per heavy atom. The van der Waals surface area contributed by atoms with Crippen LogP contribution in [0.2, 0.25) is 0 Å². The second-order valence-electron chi connectivity index (χ2n) is 3.89.